The Morgan fingerprint density at radius 3 is 0.262 bits per heavy atom. The van der Waals surface area contributed by atoms with Crippen LogP contribution in [-0.4, -0.2) is 0 Å². The minimum absolute atomic E-state index is 1.15. The van der Waals surface area contributed by atoms with Crippen LogP contribution in [0.4, 0.5) is 0 Å². The number of allylic oxidation sites excluding steroid dienone is 17. The molecule has 0 aromatic carbocycles. The molecule has 0 heteroatoms. The molecule has 0 radical (unpaired) electrons. The molecule has 0 N–H and O–H groups in total. The van der Waals surface area contributed by atoms with E-state index in [4.69, 9.17) is 0 Å². The van der Waals surface area contributed by atoms with Crippen molar-refractivity contribution in [2.24, 2.45) is 0 Å². The van der Waals surface area contributed by atoms with Crippen molar-refractivity contribution in [3.8, 4) is 0 Å². The first-order chi connectivity index (χ1) is 61.5. The predicted octanol–water partition coefficient (Wildman–Crippen LogP) is 50.6. The van der Waals surface area contributed by atoms with Crippen molar-refractivity contribution in [3.05, 3.63) is 207 Å². The van der Waals surface area contributed by atoms with Gasteiger partial charge in [-0.1, -0.05) is 397 Å². The fourth-order valence-electron chi connectivity index (χ4n) is 11.8. The first-order valence-corrected chi connectivity index (χ1v) is 55.4. The van der Waals surface area contributed by atoms with Crippen molar-refractivity contribution in [3.63, 3.8) is 0 Å². The van der Waals surface area contributed by atoms with Crippen molar-refractivity contribution in [1.29, 1.82) is 0 Å². The van der Waals surface area contributed by atoms with Crippen molar-refractivity contribution in [2.45, 2.75) is 631 Å². The SMILES string of the molecule is C=C(C)CCCCC(=C)C.C=C(C)CCCCC(=C)C.C=C(C)CCCCC(=C)C.C=C(C)CCCCC(=C)C.C=C(C)CCCCC(=C)C.C=C(C)CCCCCC.C=C(C)CCCCCC.C=C(C)CCCCCC.C=C(C)CCCCCC.C=C(C)CCCCCC.C=CCCCCC(=C)C.CC.CCCCCCCC.CCCCCCCC.CCCCCCCC. The number of unbranched alkanes of at least 4 members (excludes halogenated alkanes) is 37. The Morgan fingerprint density at radius 1 is 0.123 bits per heavy atom. The summed E-state index contributed by atoms with van der Waals surface area (Å²) in [5, 5.41) is 0. The van der Waals surface area contributed by atoms with Gasteiger partial charge < -0.3 is 0 Å². The second kappa shape index (κ2) is 153. The molecule has 0 saturated carbocycles. The molecule has 0 aliphatic rings. The second-order valence-corrected chi connectivity index (χ2v) is 39.2. The van der Waals surface area contributed by atoms with Gasteiger partial charge in [0.1, 0.15) is 0 Å². The second-order valence-electron chi connectivity index (χ2n) is 39.2. The molecule has 0 fully saturated rings. The van der Waals surface area contributed by atoms with E-state index in [1.165, 1.54) is 513 Å². The van der Waals surface area contributed by atoms with E-state index in [9.17, 15) is 0 Å². The molecule has 0 bridgehead atoms. The fraction of sp³-hybridized carbons (Fsp3) is 0.738. The summed E-state index contributed by atoms with van der Waals surface area (Å²) in [7, 11) is 0. The summed E-state index contributed by atoms with van der Waals surface area (Å²) in [6.07, 6.45) is 89.9. The standard InChI is InChI=1S/5C10H18.5C9H18.C9H16.3C8H18.C2H6/c5*1-9(2)7-5-6-8-10(3)4;6*1-4-5-6-7-8-9(2)3;3*1-3-5-7-8-6-4-2;1-2/h5*1,3,5-8H2,2,4H3;5*2,4-8H2,1,3H3;4H,1-2,5-8H2,3H3;3*3-8H2,1-2H3;1-2H3. The van der Waals surface area contributed by atoms with E-state index in [0.29, 0.717) is 0 Å². The largest absolute Gasteiger partial charge is 0.103 e. The van der Waals surface area contributed by atoms with Crippen LogP contribution in [0.2, 0.25) is 0 Å². The predicted molar refractivity (Wildman–Crippen MR) is 630 cm³/mol. The average Bonchev–Trinajstić information content (AvgIpc) is 1.10. The van der Waals surface area contributed by atoms with Gasteiger partial charge in [0.05, 0.1) is 0 Å². The van der Waals surface area contributed by atoms with Crippen LogP contribution in [0.3, 0.4) is 0 Å². The van der Waals surface area contributed by atoms with Crippen LogP contribution in [0.25, 0.3) is 0 Å². The summed E-state index contributed by atoms with van der Waals surface area (Å²) in [4.78, 5) is 0. The van der Waals surface area contributed by atoms with Gasteiger partial charge in [-0.2, -0.15) is 0 Å². The van der Waals surface area contributed by atoms with Crippen LogP contribution >= 0.6 is 0 Å². The Kier molecular flexibility index (Phi) is 187. The maximum Gasteiger partial charge on any atom is -0.0326 e. The molecule has 130 heavy (non-hydrogen) atoms. The minimum Gasteiger partial charge on any atom is -0.103 e. The summed E-state index contributed by atoms with van der Waals surface area (Å²) in [5.41, 5.74) is 20.8. The summed E-state index contributed by atoms with van der Waals surface area (Å²) in [5.74, 6) is 0. The highest BCUT2D eigenvalue weighted by Crippen LogP contribution is 2.17. The molecule has 0 nitrogen and oxygen atoms in total. The van der Waals surface area contributed by atoms with Crippen molar-refractivity contribution >= 4 is 0 Å². The van der Waals surface area contributed by atoms with Crippen molar-refractivity contribution < 1.29 is 0 Å². The molecule has 0 aliphatic heterocycles. The molecule has 0 atom stereocenters. The number of hydrogen-bond donors (Lipinski definition) is 0. The van der Waals surface area contributed by atoms with Gasteiger partial charge in [-0.05, 0) is 329 Å². The molecule has 0 rings (SSSR count). The Bertz CT molecular complexity index is 1940. The van der Waals surface area contributed by atoms with Gasteiger partial charge in [0, 0.05) is 0 Å². The van der Waals surface area contributed by atoms with Crippen molar-refractivity contribution in [2.75, 3.05) is 0 Å². The number of hydrogen-bond acceptors (Lipinski definition) is 0. The molecule has 0 heterocycles. The number of rotatable bonds is 70. The Labute approximate surface area is 832 Å². The fourth-order valence-corrected chi connectivity index (χ4v) is 11.8. The zero-order chi connectivity index (χ0) is 103. The van der Waals surface area contributed by atoms with E-state index in [0.717, 1.165) is 6.42 Å². The zero-order valence-electron chi connectivity index (χ0n) is 97.0. The van der Waals surface area contributed by atoms with Gasteiger partial charge in [0.25, 0.3) is 0 Å². The highest BCUT2D eigenvalue weighted by Gasteiger charge is 1.97. The lowest BCUT2D eigenvalue weighted by molar-refractivity contribution is 0.624. The third kappa shape index (κ3) is 279. The van der Waals surface area contributed by atoms with Crippen LogP contribution in [0.1, 0.15) is 631 Å². The topological polar surface area (TPSA) is 0 Å². The molecule has 0 saturated heterocycles. The van der Waals surface area contributed by atoms with E-state index in [-0.39, 0.29) is 0 Å². The molecular weight excluding hydrogens is 1560 g/mol. The van der Waals surface area contributed by atoms with Gasteiger partial charge in [0.2, 0.25) is 0 Å². The third-order valence-electron chi connectivity index (χ3n) is 20.2. The highest BCUT2D eigenvalue weighted by molar-refractivity contribution is 4.96. The van der Waals surface area contributed by atoms with Crippen molar-refractivity contribution in [1.82, 2.24) is 0 Å². The lowest BCUT2D eigenvalue weighted by Gasteiger charge is -1.99. The molecule has 0 unspecified atom stereocenters. The van der Waals surface area contributed by atoms with Crippen LogP contribution < -0.4 is 0 Å². The third-order valence-corrected chi connectivity index (χ3v) is 20.2. The molecule has 776 valence electrons. The van der Waals surface area contributed by atoms with Crippen LogP contribution in [0.5, 0.6) is 0 Å². The first-order valence-electron chi connectivity index (χ1n) is 55.4. The van der Waals surface area contributed by atoms with E-state index in [1.54, 1.807) is 0 Å². The lowest BCUT2D eigenvalue weighted by atomic mass is 10.1. The van der Waals surface area contributed by atoms with E-state index < -0.39 is 0 Å². The maximum atomic E-state index is 3.85. The zero-order valence-corrected chi connectivity index (χ0v) is 97.0. The van der Waals surface area contributed by atoms with Gasteiger partial charge in [0.15, 0.2) is 0 Å². The molecular formula is C130H256. The van der Waals surface area contributed by atoms with Gasteiger partial charge in [-0.3, -0.25) is 0 Å². The molecule has 0 amide bonds. The minimum atomic E-state index is 1.15. The normalized spacial score (nSPS) is 9.39. The summed E-state index contributed by atoms with van der Waals surface area (Å²) in [6.45, 7) is 127. The summed E-state index contributed by atoms with van der Waals surface area (Å²) in [6, 6.07) is 0. The van der Waals surface area contributed by atoms with Crippen LogP contribution in [-0.2, 0) is 0 Å². The summed E-state index contributed by atoms with van der Waals surface area (Å²) < 4.78 is 0. The quantitative estimate of drug-likeness (QED) is 0.0421. The molecule has 0 spiro atoms. The lowest BCUT2D eigenvalue weighted by Crippen LogP contribution is -1.79. The smallest absolute Gasteiger partial charge is 0.0326 e. The monoisotopic (exact) mass is 1820 g/mol. The van der Waals surface area contributed by atoms with Gasteiger partial charge >= 0.3 is 0 Å². The molecule has 0 aromatic rings. The Hall–Kier alpha value is -4.42. The maximum absolute atomic E-state index is 3.85. The Balaban J connectivity index is -0.0000000842. The molecule has 0 aliphatic carbocycles. The highest BCUT2D eigenvalue weighted by atomic mass is 14.0. The average molecular weight is 1820 g/mol. The molecule has 0 aromatic heterocycles. The van der Waals surface area contributed by atoms with Gasteiger partial charge in [-0.25, -0.2) is 0 Å². The van der Waals surface area contributed by atoms with E-state index in [2.05, 4.69) is 299 Å². The Morgan fingerprint density at radius 2 is 0.192 bits per heavy atom. The first kappa shape index (κ1) is 159. The van der Waals surface area contributed by atoms with Crippen LogP contribution in [0.15, 0.2) is 207 Å². The van der Waals surface area contributed by atoms with E-state index in [1.807, 2.05) is 19.9 Å². The summed E-state index contributed by atoms with van der Waals surface area (Å²) >= 11 is 0. The van der Waals surface area contributed by atoms with Gasteiger partial charge in [-0.15, -0.1) is 112 Å². The van der Waals surface area contributed by atoms with E-state index >= 15 is 0 Å². The van der Waals surface area contributed by atoms with Crippen LogP contribution in [0, 0.1) is 0 Å².